The SMILES string of the molecule is COc1cccc(C(=O)CSc2nc3c(c(-c4cccs4)c2C#N)CN(C)CC3)c1. The molecule has 0 radical (unpaired) electrons. The number of fused-ring (bicyclic) bond motifs is 1. The Labute approximate surface area is 184 Å². The molecule has 0 bridgehead atoms. The van der Waals surface area contributed by atoms with Crippen molar-refractivity contribution < 1.29 is 9.53 Å². The molecule has 0 atom stereocenters. The maximum atomic E-state index is 12.7. The molecule has 3 aromatic rings. The summed E-state index contributed by atoms with van der Waals surface area (Å²) in [6.07, 6.45) is 0.841. The highest BCUT2D eigenvalue weighted by Gasteiger charge is 2.25. The molecule has 0 saturated carbocycles. The highest BCUT2D eigenvalue weighted by Crippen LogP contribution is 2.39. The lowest BCUT2D eigenvalue weighted by Crippen LogP contribution is -2.28. The number of hydrogen-bond donors (Lipinski definition) is 0. The first-order valence-corrected chi connectivity index (χ1v) is 11.5. The number of hydrogen-bond acceptors (Lipinski definition) is 7. The van der Waals surface area contributed by atoms with Crippen LogP contribution in [-0.4, -0.2) is 42.1 Å². The smallest absolute Gasteiger partial charge is 0.173 e. The summed E-state index contributed by atoms with van der Waals surface area (Å²) in [5.74, 6) is 0.858. The number of ether oxygens (including phenoxy) is 1. The fraction of sp³-hybridized carbons (Fsp3) is 0.261. The monoisotopic (exact) mass is 435 g/mol. The van der Waals surface area contributed by atoms with Gasteiger partial charge in [0.15, 0.2) is 5.78 Å². The zero-order valence-electron chi connectivity index (χ0n) is 16.8. The lowest BCUT2D eigenvalue weighted by molar-refractivity contribution is 0.102. The molecule has 30 heavy (non-hydrogen) atoms. The predicted molar refractivity (Wildman–Crippen MR) is 120 cm³/mol. The van der Waals surface area contributed by atoms with E-state index in [0.29, 0.717) is 21.9 Å². The number of thiophene rings is 1. The van der Waals surface area contributed by atoms with Crippen molar-refractivity contribution in [3.8, 4) is 22.3 Å². The molecule has 3 heterocycles. The first-order valence-electron chi connectivity index (χ1n) is 9.59. The van der Waals surface area contributed by atoms with Crippen molar-refractivity contribution in [2.24, 2.45) is 0 Å². The second-order valence-corrected chi connectivity index (χ2v) is 9.02. The van der Waals surface area contributed by atoms with Crippen molar-refractivity contribution >= 4 is 28.9 Å². The second kappa shape index (κ2) is 9.00. The van der Waals surface area contributed by atoms with Gasteiger partial charge in [0.05, 0.1) is 18.4 Å². The van der Waals surface area contributed by atoms with Crippen LogP contribution in [0.2, 0.25) is 0 Å². The molecule has 0 fully saturated rings. The number of carbonyl (C=O) groups is 1. The molecule has 5 nitrogen and oxygen atoms in total. The van der Waals surface area contributed by atoms with Crippen LogP contribution in [0, 0.1) is 11.3 Å². The van der Waals surface area contributed by atoms with Gasteiger partial charge in [-0.2, -0.15) is 5.26 Å². The van der Waals surface area contributed by atoms with Gasteiger partial charge in [-0.05, 0) is 36.2 Å². The quantitative estimate of drug-likeness (QED) is 0.415. The van der Waals surface area contributed by atoms with Gasteiger partial charge in [-0.15, -0.1) is 11.3 Å². The van der Waals surface area contributed by atoms with E-state index < -0.39 is 0 Å². The van der Waals surface area contributed by atoms with Crippen LogP contribution in [0.5, 0.6) is 5.75 Å². The third-order valence-corrected chi connectivity index (χ3v) is 6.98. The van der Waals surface area contributed by atoms with Crippen LogP contribution in [-0.2, 0) is 13.0 Å². The molecule has 152 valence electrons. The van der Waals surface area contributed by atoms with Gasteiger partial charge < -0.3 is 9.64 Å². The molecule has 0 spiro atoms. The Morgan fingerprint density at radius 1 is 1.37 bits per heavy atom. The van der Waals surface area contributed by atoms with Crippen molar-refractivity contribution in [2.45, 2.75) is 18.0 Å². The molecule has 0 N–H and O–H groups in total. The Balaban J connectivity index is 1.69. The van der Waals surface area contributed by atoms with E-state index in [0.717, 1.165) is 41.2 Å². The number of nitrogens with zero attached hydrogens (tertiary/aromatic N) is 3. The highest BCUT2D eigenvalue weighted by molar-refractivity contribution is 8.00. The number of likely N-dealkylation sites (N-methyl/N-ethyl adjacent to an activating group) is 1. The third-order valence-electron chi connectivity index (χ3n) is 5.12. The molecule has 7 heteroatoms. The van der Waals surface area contributed by atoms with Crippen LogP contribution in [0.1, 0.15) is 27.2 Å². The van der Waals surface area contributed by atoms with Gasteiger partial charge in [0.25, 0.3) is 0 Å². The van der Waals surface area contributed by atoms with E-state index in [-0.39, 0.29) is 11.5 Å². The molecule has 0 unspecified atom stereocenters. The average molecular weight is 436 g/mol. The minimum Gasteiger partial charge on any atom is -0.497 e. The van der Waals surface area contributed by atoms with Crippen molar-refractivity contribution in [1.82, 2.24) is 9.88 Å². The van der Waals surface area contributed by atoms with Crippen LogP contribution < -0.4 is 4.74 Å². The number of methoxy groups -OCH3 is 1. The number of thioether (sulfide) groups is 1. The van der Waals surface area contributed by atoms with Crippen molar-refractivity contribution in [3.05, 3.63) is 64.2 Å². The Morgan fingerprint density at radius 3 is 2.97 bits per heavy atom. The molecule has 0 amide bonds. The fourth-order valence-electron chi connectivity index (χ4n) is 3.59. The molecule has 0 aliphatic carbocycles. The first-order chi connectivity index (χ1) is 14.6. The van der Waals surface area contributed by atoms with Gasteiger partial charge in [0.1, 0.15) is 16.8 Å². The molecule has 1 aliphatic heterocycles. The summed E-state index contributed by atoms with van der Waals surface area (Å²) in [4.78, 5) is 20.9. The molecule has 2 aromatic heterocycles. The second-order valence-electron chi connectivity index (χ2n) is 7.11. The first kappa shape index (κ1) is 20.6. The average Bonchev–Trinajstić information content (AvgIpc) is 3.31. The number of aromatic nitrogens is 1. The number of ketones is 1. The van der Waals surface area contributed by atoms with Crippen molar-refractivity contribution in [2.75, 3.05) is 26.5 Å². The normalized spacial score (nSPS) is 13.5. The van der Waals surface area contributed by atoms with Gasteiger partial charge in [-0.1, -0.05) is 30.0 Å². The van der Waals surface area contributed by atoms with E-state index in [1.165, 1.54) is 11.8 Å². The summed E-state index contributed by atoms with van der Waals surface area (Å²) in [7, 11) is 3.67. The van der Waals surface area contributed by atoms with Crippen molar-refractivity contribution in [3.63, 3.8) is 0 Å². The molecular formula is C23H21N3O2S2. The third kappa shape index (κ3) is 4.12. The number of Topliss-reactive ketones (excluding diaryl/α,β-unsaturated/α-hetero) is 1. The molecule has 4 rings (SSSR count). The fourth-order valence-corrected chi connectivity index (χ4v) is 5.29. The number of nitriles is 1. The van der Waals surface area contributed by atoms with E-state index in [2.05, 4.69) is 18.0 Å². The zero-order valence-corrected chi connectivity index (χ0v) is 18.5. The van der Waals surface area contributed by atoms with E-state index in [4.69, 9.17) is 9.72 Å². The Kier molecular flexibility index (Phi) is 6.18. The summed E-state index contributed by atoms with van der Waals surface area (Å²) < 4.78 is 5.22. The maximum Gasteiger partial charge on any atom is 0.173 e. The Morgan fingerprint density at radius 2 is 2.23 bits per heavy atom. The maximum absolute atomic E-state index is 12.7. The van der Waals surface area contributed by atoms with E-state index in [9.17, 15) is 10.1 Å². The Bertz CT molecular complexity index is 1120. The topological polar surface area (TPSA) is 66.2 Å². The highest BCUT2D eigenvalue weighted by atomic mass is 32.2. The van der Waals surface area contributed by atoms with E-state index in [1.54, 1.807) is 36.6 Å². The van der Waals surface area contributed by atoms with Gasteiger partial charge in [-0.3, -0.25) is 4.79 Å². The van der Waals surface area contributed by atoms with E-state index in [1.807, 2.05) is 23.6 Å². The number of benzene rings is 1. The van der Waals surface area contributed by atoms with Gasteiger partial charge in [-0.25, -0.2) is 4.98 Å². The number of pyridine rings is 1. The summed E-state index contributed by atoms with van der Waals surface area (Å²) in [5, 5.41) is 12.7. The van der Waals surface area contributed by atoms with Crippen LogP contribution in [0.25, 0.3) is 10.4 Å². The molecular weight excluding hydrogens is 414 g/mol. The largest absolute Gasteiger partial charge is 0.497 e. The zero-order chi connectivity index (χ0) is 21.1. The number of carbonyl (C=O) groups excluding carboxylic acids is 1. The molecule has 1 aliphatic rings. The van der Waals surface area contributed by atoms with Gasteiger partial charge in [0, 0.05) is 41.2 Å². The summed E-state index contributed by atoms with van der Waals surface area (Å²) in [6, 6.07) is 13.6. The van der Waals surface area contributed by atoms with Gasteiger partial charge in [0.2, 0.25) is 0 Å². The lowest BCUT2D eigenvalue weighted by atomic mass is 9.96. The van der Waals surface area contributed by atoms with E-state index >= 15 is 0 Å². The summed E-state index contributed by atoms with van der Waals surface area (Å²) in [6.45, 7) is 1.71. The minimum atomic E-state index is -0.0142. The van der Waals surface area contributed by atoms with Crippen molar-refractivity contribution in [1.29, 1.82) is 5.26 Å². The summed E-state index contributed by atoms with van der Waals surface area (Å²) >= 11 is 2.97. The minimum absolute atomic E-state index is 0.0142. The van der Waals surface area contributed by atoms with Gasteiger partial charge >= 0.3 is 0 Å². The summed E-state index contributed by atoms with van der Waals surface area (Å²) in [5.41, 5.74) is 4.30. The Hall–Kier alpha value is -2.66. The molecule has 1 aromatic carbocycles. The van der Waals surface area contributed by atoms with Crippen LogP contribution >= 0.6 is 23.1 Å². The predicted octanol–water partition coefficient (Wildman–Crippen LogP) is 4.65. The van der Waals surface area contributed by atoms with Crippen LogP contribution in [0.15, 0.2) is 46.8 Å². The lowest BCUT2D eigenvalue weighted by Gasteiger charge is -2.27. The molecule has 0 saturated heterocycles. The van der Waals surface area contributed by atoms with Crippen LogP contribution in [0.3, 0.4) is 0 Å². The standard InChI is InChI=1S/C23H21N3O2S2/c1-26-9-8-19-18(13-26)22(21-7-4-10-29-21)17(12-24)23(25-19)30-14-20(27)15-5-3-6-16(11-15)28-2/h3-7,10-11H,8-9,13-14H2,1-2H3. The number of rotatable bonds is 6. The van der Waals surface area contributed by atoms with Crippen LogP contribution in [0.4, 0.5) is 0 Å².